The minimum Gasteiger partial charge on any atom is -0.494 e. The summed E-state index contributed by atoms with van der Waals surface area (Å²) in [4.78, 5) is 3.17. The van der Waals surface area contributed by atoms with Crippen molar-refractivity contribution in [1.29, 1.82) is 0 Å². The third-order valence-corrected chi connectivity index (χ3v) is 3.26. The highest BCUT2D eigenvalue weighted by Gasteiger charge is 2.09. The van der Waals surface area contributed by atoms with E-state index >= 15 is 0 Å². The van der Waals surface area contributed by atoms with Crippen LogP contribution in [-0.4, -0.2) is 26.9 Å². The first kappa shape index (κ1) is 11.9. The summed E-state index contributed by atoms with van der Waals surface area (Å²) < 4.78 is 7.95. The molecule has 1 aromatic carbocycles. The molecule has 0 saturated heterocycles. The van der Waals surface area contributed by atoms with Crippen molar-refractivity contribution in [3.63, 3.8) is 0 Å². The second-order valence-electron chi connectivity index (χ2n) is 4.09. The molecule has 0 aliphatic carbocycles. The number of para-hydroxylation sites is 1. The number of rotatable bonds is 3. The van der Waals surface area contributed by atoms with Crippen LogP contribution in [0.2, 0.25) is 0 Å². The fourth-order valence-electron chi connectivity index (χ4n) is 2.06. The van der Waals surface area contributed by atoms with Gasteiger partial charge in [-0.05, 0) is 36.5 Å². The smallest absolute Gasteiger partial charge is 0.178 e. The largest absolute Gasteiger partial charge is 0.494 e. The molecule has 0 fully saturated rings. The number of methoxy groups -OCH3 is 1. The summed E-state index contributed by atoms with van der Waals surface area (Å²) >= 11 is 5.36. The van der Waals surface area contributed by atoms with Crippen molar-refractivity contribution in [2.75, 3.05) is 7.11 Å². The number of imidazole rings is 1. The van der Waals surface area contributed by atoms with Crippen molar-refractivity contribution in [1.82, 2.24) is 19.7 Å². The average molecular weight is 272 g/mol. The number of aromatic amines is 1. The lowest BCUT2D eigenvalue weighted by Gasteiger charge is -2.04. The Morgan fingerprint density at radius 3 is 2.95 bits per heavy atom. The number of nitrogens with one attached hydrogen (secondary N) is 1. The summed E-state index contributed by atoms with van der Waals surface area (Å²) in [6.07, 6.45) is 1.65. The highest BCUT2D eigenvalue weighted by Crippen LogP contribution is 2.24. The molecule has 0 bridgehead atoms. The first-order valence-electron chi connectivity index (χ1n) is 5.81. The number of H-pyrrole nitrogens is 1. The molecule has 3 rings (SSSR count). The highest BCUT2D eigenvalue weighted by molar-refractivity contribution is 7.71. The Kier molecular flexibility index (Phi) is 3.00. The minimum atomic E-state index is 0.583. The standard InChI is InChI=1S/C13H12N4OS/c1-18-11-6-2-5-10-12(11)15-13(19)17(10)8-9-4-3-7-14-16-9/h2-7H,8H2,1H3,(H,15,19). The fourth-order valence-corrected chi connectivity index (χ4v) is 2.33. The van der Waals surface area contributed by atoms with Crippen molar-refractivity contribution in [2.45, 2.75) is 6.54 Å². The van der Waals surface area contributed by atoms with Gasteiger partial charge in [0.1, 0.15) is 11.3 Å². The SMILES string of the molecule is COc1cccc2c1[nH]c(=S)n2Cc1cccnn1. The van der Waals surface area contributed by atoms with Gasteiger partial charge in [-0.1, -0.05) is 6.07 Å². The summed E-state index contributed by atoms with van der Waals surface area (Å²) in [5, 5.41) is 7.96. The van der Waals surface area contributed by atoms with Gasteiger partial charge in [-0.2, -0.15) is 10.2 Å². The van der Waals surface area contributed by atoms with Crippen LogP contribution in [0.25, 0.3) is 11.0 Å². The van der Waals surface area contributed by atoms with E-state index < -0.39 is 0 Å². The number of nitrogens with zero attached hydrogens (tertiary/aromatic N) is 3. The van der Waals surface area contributed by atoms with Crippen LogP contribution in [-0.2, 0) is 6.54 Å². The monoisotopic (exact) mass is 272 g/mol. The van der Waals surface area contributed by atoms with Crippen molar-refractivity contribution >= 4 is 23.3 Å². The van der Waals surface area contributed by atoms with E-state index in [0.29, 0.717) is 11.3 Å². The molecule has 0 aliphatic heterocycles. The molecule has 0 aliphatic rings. The predicted octanol–water partition coefficient (Wildman–Crippen LogP) is 2.55. The van der Waals surface area contributed by atoms with Crippen LogP contribution >= 0.6 is 12.2 Å². The van der Waals surface area contributed by atoms with E-state index in [1.165, 1.54) is 0 Å². The van der Waals surface area contributed by atoms with Crippen LogP contribution in [0, 0.1) is 4.77 Å². The first-order chi connectivity index (χ1) is 9.29. The molecule has 3 aromatic rings. The first-order valence-corrected chi connectivity index (χ1v) is 6.22. The van der Waals surface area contributed by atoms with E-state index in [9.17, 15) is 0 Å². The second-order valence-corrected chi connectivity index (χ2v) is 4.47. The molecule has 2 heterocycles. The summed E-state index contributed by atoms with van der Waals surface area (Å²) in [6, 6.07) is 9.63. The van der Waals surface area contributed by atoms with Crippen LogP contribution in [0.1, 0.15) is 5.69 Å². The van der Waals surface area contributed by atoms with Crippen molar-refractivity contribution < 1.29 is 4.74 Å². The average Bonchev–Trinajstić information content (AvgIpc) is 2.76. The Balaban J connectivity index is 2.14. The van der Waals surface area contributed by atoms with Gasteiger partial charge in [0.05, 0.1) is 24.9 Å². The molecule has 6 heteroatoms. The number of fused-ring (bicyclic) bond motifs is 1. The van der Waals surface area contributed by atoms with E-state index in [4.69, 9.17) is 17.0 Å². The summed E-state index contributed by atoms with van der Waals surface area (Å²) in [5.41, 5.74) is 2.76. The van der Waals surface area contributed by atoms with E-state index in [-0.39, 0.29) is 0 Å². The Bertz CT molecular complexity index is 763. The van der Waals surface area contributed by atoms with Crippen LogP contribution in [0.4, 0.5) is 0 Å². The molecule has 0 saturated carbocycles. The zero-order valence-corrected chi connectivity index (χ0v) is 11.1. The molecule has 2 aromatic heterocycles. The Hall–Kier alpha value is -2.21. The number of aromatic nitrogens is 4. The van der Waals surface area contributed by atoms with E-state index in [1.54, 1.807) is 13.3 Å². The predicted molar refractivity (Wildman–Crippen MR) is 74.8 cm³/mol. The molecule has 0 spiro atoms. The highest BCUT2D eigenvalue weighted by atomic mass is 32.1. The molecule has 0 radical (unpaired) electrons. The van der Waals surface area contributed by atoms with Gasteiger partial charge in [-0.25, -0.2) is 0 Å². The molecule has 0 atom stereocenters. The molecule has 0 unspecified atom stereocenters. The van der Waals surface area contributed by atoms with Gasteiger partial charge in [0.25, 0.3) is 0 Å². The van der Waals surface area contributed by atoms with Gasteiger partial charge in [0.2, 0.25) is 0 Å². The molecule has 19 heavy (non-hydrogen) atoms. The van der Waals surface area contributed by atoms with E-state index in [0.717, 1.165) is 22.5 Å². The van der Waals surface area contributed by atoms with Crippen molar-refractivity contribution in [2.24, 2.45) is 0 Å². The van der Waals surface area contributed by atoms with Gasteiger partial charge in [-0.3, -0.25) is 0 Å². The number of benzene rings is 1. The lowest BCUT2D eigenvalue weighted by molar-refractivity contribution is 0.419. The van der Waals surface area contributed by atoms with Crippen LogP contribution < -0.4 is 4.74 Å². The molecule has 96 valence electrons. The zero-order valence-electron chi connectivity index (χ0n) is 10.3. The van der Waals surface area contributed by atoms with E-state index in [2.05, 4.69) is 15.2 Å². The summed E-state index contributed by atoms with van der Waals surface area (Å²) in [5.74, 6) is 0.779. The Labute approximate surface area is 114 Å². The number of hydrogen-bond donors (Lipinski definition) is 1. The fraction of sp³-hybridized carbons (Fsp3) is 0.154. The van der Waals surface area contributed by atoms with Gasteiger partial charge in [0.15, 0.2) is 4.77 Å². The third kappa shape index (κ3) is 2.10. The lowest BCUT2D eigenvalue weighted by Crippen LogP contribution is -2.02. The number of ether oxygens (including phenoxy) is 1. The molecular weight excluding hydrogens is 260 g/mol. The maximum Gasteiger partial charge on any atom is 0.178 e. The third-order valence-electron chi connectivity index (χ3n) is 2.94. The summed E-state index contributed by atoms with van der Waals surface area (Å²) in [7, 11) is 1.64. The molecule has 5 nitrogen and oxygen atoms in total. The summed E-state index contributed by atoms with van der Waals surface area (Å²) in [6.45, 7) is 0.583. The molecule has 1 N–H and O–H groups in total. The maximum absolute atomic E-state index is 5.36. The quantitative estimate of drug-likeness (QED) is 0.744. The lowest BCUT2D eigenvalue weighted by atomic mass is 10.3. The maximum atomic E-state index is 5.36. The van der Waals surface area contributed by atoms with Crippen LogP contribution in [0.5, 0.6) is 5.75 Å². The van der Waals surface area contributed by atoms with Crippen LogP contribution in [0.15, 0.2) is 36.5 Å². The topological polar surface area (TPSA) is 55.7 Å². The van der Waals surface area contributed by atoms with Crippen molar-refractivity contribution in [3.05, 3.63) is 47.0 Å². The van der Waals surface area contributed by atoms with Gasteiger partial charge >= 0.3 is 0 Å². The molecular formula is C13H12N4OS. The molecule has 0 amide bonds. The van der Waals surface area contributed by atoms with Gasteiger partial charge < -0.3 is 14.3 Å². The second kappa shape index (κ2) is 4.81. The van der Waals surface area contributed by atoms with Gasteiger partial charge in [0, 0.05) is 6.20 Å². The minimum absolute atomic E-state index is 0.583. The van der Waals surface area contributed by atoms with Crippen molar-refractivity contribution in [3.8, 4) is 5.75 Å². The Morgan fingerprint density at radius 2 is 2.21 bits per heavy atom. The normalized spacial score (nSPS) is 10.8. The number of hydrogen-bond acceptors (Lipinski definition) is 4. The van der Waals surface area contributed by atoms with Crippen LogP contribution in [0.3, 0.4) is 0 Å². The van der Waals surface area contributed by atoms with Gasteiger partial charge in [-0.15, -0.1) is 0 Å². The zero-order chi connectivity index (χ0) is 13.2. The Morgan fingerprint density at radius 1 is 1.32 bits per heavy atom. The van der Waals surface area contributed by atoms with E-state index in [1.807, 2.05) is 34.9 Å².